The molecule has 2 atom stereocenters. The third kappa shape index (κ3) is 2.52. The molecular weight excluding hydrogens is 268 g/mol. The van der Waals surface area contributed by atoms with Crippen LogP contribution in [0.25, 0.3) is 0 Å². The quantitative estimate of drug-likeness (QED) is 0.898. The van der Waals surface area contributed by atoms with Crippen molar-refractivity contribution in [3.05, 3.63) is 30.1 Å². The van der Waals surface area contributed by atoms with E-state index in [2.05, 4.69) is 4.98 Å². The zero-order valence-electron chi connectivity index (χ0n) is 12.3. The van der Waals surface area contributed by atoms with E-state index in [4.69, 9.17) is 0 Å². The topological polar surface area (TPSA) is 70.5 Å². The Morgan fingerprint density at radius 1 is 1.29 bits per heavy atom. The van der Waals surface area contributed by atoms with E-state index < -0.39 is 23.2 Å². The SMILES string of the molecule is CC1(C)[C@H](C(=O)O)[C@@H]1C(=O)N(Cc1ccncc1)C1CC1. The van der Waals surface area contributed by atoms with Gasteiger partial charge in [0.25, 0.3) is 0 Å². The summed E-state index contributed by atoms with van der Waals surface area (Å²) in [5, 5.41) is 9.25. The first-order valence-corrected chi connectivity index (χ1v) is 7.35. The van der Waals surface area contributed by atoms with Gasteiger partial charge in [0.2, 0.25) is 5.91 Å². The Hall–Kier alpha value is -1.91. The fourth-order valence-corrected chi connectivity index (χ4v) is 3.20. The molecule has 0 radical (unpaired) electrons. The van der Waals surface area contributed by atoms with Crippen LogP contribution in [0.3, 0.4) is 0 Å². The molecule has 0 aromatic carbocycles. The van der Waals surface area contributed by atoms with Crippen molar-refractivity contribution in [3.8, 4) is 0 Å². The predicted octanol–water partition coefficient (Wildman–Crippen LogP) is 1.93. The summed E-state index contributed by atoms with van der Waals surface area (Å²) in [5.74, 6) is -1.81. The first-order valence-electron chi connectivity index (χ1n) is 7.35. The van der Waals surface area contributed by atoms with Crippen molar-refractivity contribution in [2.45, 2.75) is 39.3 Å². The fraction of sp³-hybridized carbons (Fsp3) is 0.562. The maximum atomic E-state index is 12.8. The third-order valence-electron chi connectivity index (χ3n) is 4.73. The molecule has 2 aliphatic rings. The van der Waals surface area contributed by atoms with Gasteiger partial charge in [0.15, 0.2) is 0 Å². The predicted molar refractivity (Wildman–Crippen MR) is 76.2 cm³/mol. The summed E-state index contributed by atoms with van der Waals surface area (Å²) in [5.41, 5.74) is 0.601. The van der Waals surface area contributed by atoms with Gasteiger partial charge in [-0.05, 0) is 36.0 Å². The van der Waals surface area contributed by atoms with Gasteiger partial charge < -0.3 is 10.0 Å². The number of carbonyl (C=O) groups is 2. The highest BCUT2D eigenvalue weighted by molar-refractivity contribution is 5.92. The van der Waals surface area contributed by atoms with Crippen LogP contribution in [0.2, 0.25) is 0 Å². The largest absolute Gasteiger partial charge is 0.481 e. The van der Waals surface area contributed by atoms with Gasteiger partial charge in [0.05, 0.1) is 11.8 Å². The van der Waals surface area contributed by atoms with Crippen molar-refractivity contribution >= 4 is 11.9 Å². The number of aliphatic carboxylic acids is 1. The van der Waals surface area contributed by atoms with E-state index in [1.165, 1.54) is 0 Å². The summed E-state index contributed by atoms with van der Waals surface area (Å²) in [4.78, 5) is 29.9. The number of hydrogen-bond donors (Lipinski definition) is 1. The van der Waals surface area contributed by atoms with Crippen LogP contribution in [0, 0.1) is 17.3 Å². The van der Waals surface area contributed by atoms with Crippen LogP contribution >= 0.6 is 0 Å². The lowest BCUT2D eigenvalue weighted by Gasteiger charge is -2.23. The minimum absolute atomic E-state index is 0.00767. The normalized spacial score (nSPS) is 26.2. The smallest absolute Gasteiger partial charge is 0.307 e. The lowest BCUT2D eigenvalue weighted by atomic mass is 10.1. The van der Waals surface area contributed by atoms with E-state index in [-0.39, 0.29) is 11.9 Å². The minimum Gasteiger partial charge on any atom is -0.481 e. The van der Waals surface area contributed by atoms with Crippen molar-refractivity contribution in [2.24, 2.45) is 17.3 Å². The molecule has 5 heteroatoms. The molecular formula is C16H20N2O3. The van der Waals surface area contributed by atoms with Crippen molar-refractivity contribution in [1.29, 1.82) is 0 Å². The number of amides is 1. The van der Waals surface area contributed by atoms with Crippen LogP contribution < -0.4 is 0 Å². The second-order valence-electron chi connectivity index (χ2n) is 6.67. The number of pyridine rings is 1. The number of rotatable bonds is 5. The number of carbonyl (C=O) groups excluding carboxylic acids is 1. The Balaban J connectivity index is 1.76. The van der Waals surface area contributed by atoms with E-state index in [1.54, 1.807) is 12.4 Å². The van der Waals surface area contributed by atoms with Crippen LogP contribution in [0.5, 0.6) is 0 Å². The van der Waals surface area contributed by atoms with Gasteiger partial charge in [0, 0.05) is 25.0 Å². The number of nitrogens with zero attached hydrogens (tertiary/aromatic N) is 2. The molecule has 2 saturated carbocycles. The fourth-order valence-electron chi connectivity index (χ4n) is 3.20. The van der Waals surface area contributed by atoms with Gasteiger partial charge in [-0.15, -0.1) is 0 Å². The highest BCUT2D eigenvalue weighted by Crippen LogP contribution is 2.59. The molecule has 2 fully saturated rings. The Labute approximate surface area is 124 Å². The van der Waals surface area contributed by atoms with Crippen molar-refractivity contribution in [1.82, 2.24) is 9.88 Å². The molecule has 1 aromatic rings. The Bertz CT molecular complexity index is 566. The molecule has 0 aliphatic heterocycles. The highest BCUT2D eigenvalue weighted by atomic mass is 16.4. The summed E-state index contributed by atoms with van der Waals surface area (Å²) >= 11 is 0. The monoisotopic (exact) mass is 288 g/mol. The van der Waals surface area contributed by atoms with E-state index >= 15 is 0 Å². The van der Waals surface area contributed by atoms with Crippen molar-refractivity contribution in [2.75, 3.05) is 0 Å². The molecule has 3 rings (SSSR count). The van der Waals surface area contributed by atoms with Crippen LogP contribution in [-0.2, 0) is 16.1 Å². The van der Waals surface area contributed by atoms with Gasteiger partial charge in [-0.2, -0.15) is 0 Å². The highest BCUT2D eigenvalue weighted by Gasteiger charge is 2.67. The van der Waals surface area contributed by atoms with Gasteiger partial charge in [-0.1, -0.05) is 13.8 Å². The van der Waals surface area contributed by atoms with E-state index in [0.29, 0.717) is 6.54 Å². The lowest BCUT2D eigenvalue weighted by molar-refractivity contribution is -0.142. The number of hydrogen-bond acceptors (Lipinski definition) is 3. The van der Waals surface area contributed by atoms with E-state index in [1.807, 2.05) is 30.9 Å². The van der Waals surface area contributed by atoms with E-state index in [9.17, 15) is 14.7 Å². The van der Waals surface area contributed by atoms with Crippen LogP contribution in [0.1, 0.15) is 32.3 Å². The summed E-state index contributed by atoms with van der Waals surface area (Å²) in [7, 11) is 0. The van der Waals surface area contributed by atoms with Crippen LogP contribution in [-0.4, -0.2) is 32.9 Å². The van der Waals surface area contributed by atoms with Crippen molar-refractivity contribution in [3.63, 3.8) is 0 Å². The van der Waals surface area contributed by atoms with Gasteiger partial charge in [-0.3, -0.25) is 14.6 Å². The van der Waals surface area contributed by atoms with Gasteiger partial charge in [-0.25, -0.2) is 0 Å². The zero-order valence-corrected chi connectivity index (χ0v) is 12.3. The van der Waals surface area contributed by atoms with Crippen LogP contribution in [0.4, 0.5) is 0 Å². The average Bonchev–Trinajstić information content (AvgIpc) is 3.32. The maximum absolute atomic E-state index is 12.8. The summed E-state index contributed by atoms with van der Waals surface area (Å²) in [6.45, 7) is 4.28. The van der Waals surface area contributed by atoms with Crippen molar-refractivity contribution < 1.29 is 14.7 Å². The molecule has 21 heavy (non-hydrogen) atoms. The second kappa shape index (κ2) is 4.83. The molecule has 2 aliphatic carbocycles. The Kier molecular flexibility index (Phi) is 3.23. The minimum atomic E-state index is -0.863. The molecule has 0 unspecified atom stereocenters. The first kappa shape index (κ1) is 14.0. The number of aromatic nitrogens is 1. The third-order valence-corrected chi connectivity index (χ3v) is 4.73. The molecule has 1 heterocycles. The number of carboxylic acid groups (broad SMARTS) is 1. The number of carboxylic acids is 1. The molecule has 112 valence electrons. The molecule has 0 saturated heterocycles. The second-order valence-corrected chi connectivity index (χ2v) is 6.67. The lowest BCUT2D eigenvalue weighted by Crippen LogP contribution is -2.35. The standard InChI is InChI=1S/C16H20N2O3/c1-16(2)12(13(16)15(20)21)14(19)18(11-3-4-11)9-10-5-7-17-8-6-10/h5-8,11-13H,3-4,9H2,1-2H3,(H,20,21)/t12-,13+/m1/s1. The first-order chi connectivity index (χ1) is 9.93. The molecule has 1 amide bonds. The Morgan fingerprint density at radius 3 is 2.38 bits per heavy atom. The molecule has 1 aromatic heterocycles. The summed E-state index contributed by atoms with van der Waals surface area (Å²) in [6, 6.07) is 4.07. The van der Waals surface area contributed by atoms with E-state index in [0.717, 1.165) is 18.4 Å². The molecule has 0 bridgehead atoms. The Morgan fingerprint density at radius 2 is 1.90 bits per heavy atom. The maximum Gasteiger partial charge on any atom is 0.307 e. The molecule has 0 spiro atoms. The summed E-state index contributed by atoms with van der Waals surface area (Å²) in [6.07, 6.45) is 5.46. The zero-order chi connectivity index (χ0) is 15.2. The summed E-state index contributed by atoms with van der Waals surface area (Å²) < 4.78 is 0. The van der Waals surface area contributed by atoms with Gasteiger partial charge >= 0.3 is 5.97 Å². The van der Waals surface area contributed by atoms with Crippen LogP contribution in [0.15, 0.2) is 24.5 Å². The van der Waals surface area contributed by atoms with Gasteiger partial charge in [0.1, 0.15) is 0 Å². The molecule has 1 N–H and O–H groups in total. The average molecular weight is 288 g/mol. The molecule has 5 nitrogen and oxygen atoms in total.